The Morgan fingerprint density at radius 2 is 2.04 bits per heavy atom. The summed E-state index contributed by atoms with van der Waals surface area (Å²) in [6.07, 6.45) is 4.60. The summed E-state index contributed by atoms with van der Waals surface area (Å²) < 4.78 is 1.96. The fourth-order valence-corrected chi connectivity index (χ4v) is 3.48. The van der Waals surface area contributed by atoms with Gasteiger partial charge in [0.2, 0.25) is 0 Å². The Hall–Kier alpha value is -1.89. The van der Waals surface area contributed by atoms with Crippen LogP contribution in [-0.4, -0.2) is 56.2 Å². The summed E-state index contributed by atoms with van der Waals surface area (Å²) >= 11 is 0. The number of urea groups is 1. The lowest BCUT2D eigenvalue weighted by Gasteiger charge is -2.23. The Kier molecular flexibility index (Phi) is 3.94. The average Bonchev–Trinajstić information content (AvgIpc) is 3.11. The van der Waals surface area contributed by atoms with Crippen LogP contribution in [0.15, 0.2) is 12.4 Å². The van der Waals surface area contributed by atoms with Gasteiger partial charge in [0.05, 0.1) is 11.7 Å². The SMILES string of the molecule is CC(C)N1C(=O)NC2(CCN(Cc3cnn(C(C)(C)C)c3)C2)C1=O. The van der Waals surface area contributed by atoms with E-state index in [9.17, 15) is 9.59 Å². The molecule has 2 fully saturated rings. The molecule has 0 saturated carbocycles. The van der Waals surface area contributed by atoms with Crippen molar-refractivity contribution in [2.45, 2.75) is 64.7 Å². The summed E-state index contributed by atoms with van der Waals surface area (Å²) in [7, 11) is 0. The minimum Gasteiger partial charge on any atom is -0.322 e. The van der Waals surface area contributed by atoms with E-state index in [4.69, 9.17) is 0 Å². The number of hydrogen-bond donors (Lipinski definition) is 1. The van der Waals surface area contributed by atoms with Crippen LogP contribution in [0, 0.1) is 0 Å². The molecule has 2 aliphatic heterocycles. The zero-order chi connectivity index (χ0) is 17.7. The number of hydrogen-bond acceptors (Lipinski definition) is 4. The van der Waals surface area contributed by atoms with E-state index < -0.39 is 5.54 Å². The minimum absolute atomic E-state index is 0.0440. The van der Waals surface area contributed by atoms with Crippen LogP contribution in [0.25, 0.3) is 0 Å². The zero-order valence-corrected chi connectivity index (χ0v) is 15.2. The van der Waals surface area contributed by atoms with Gasteiger partial charge < -0.3 is 5.32 Å². The first-order chi connectivity index (χ1) is 11.1. The number of carbonyl (C=O) groups excluding carboxylic acids is 2. The lowest BCUT2D eigenvalue weighted by Crippen LogP contribution is -2.49. The molecule has 3 amide bonds. The van der Waals surface area contributed by atoms with E-state index in [1.165, 1.54) is 4.90 Å². The first-order valence-corrected chi connectivity index (χ1v) is 8.55. The van der Waals surface area contributed by atoms with Crippen LogP contribution in [0.1, 0.15) is 46.6 Å². The Balaban J connectivity index is 1.69. The number of nitrogens with one attached hydrogen (secondary N) is 1. The van der Waals surface area contributed by atoms with Gasteiger partial charge in [-0.25, -0.2) is 4.79 Å². The van der Waals surface area contributed by atoms with Crippen molar-refractivity contribution >= 4 is 11.9 Å². The molecular weight excluding hydrogens is 306 g/mol. The highest BCUT2D eigenvalue weighted by Gasteiger charge is 2.55. The highest BCUT2D eigenvalue weighted by atomic mass is 16.2. The van der Waals surface area contributed by atoms with Crippen LogP contribution in [0.3, 0.4) is 0 Å². The maximum absolute atomic E-state index is 12.7. The average molecular weight is 333 g/mol. The van der Waals surface area contributed by atoms with E-state index in [2.05, 4.69) is 42.3 Å². The molecule has 1 N–H and O–H groups in total. The molecule has 2 saturated heterocycles. The fourth-order valence-electron chi connectivity index (χ4n) is 3.48. The van der Waals surface area contributed by atoms with Gasteiger partial charge >= 0.3 is 6.03 Å². The normalized spacial score (nSPS) is 25.3. The van der Waals surface area contributed by atoms with Crippen molar-refractivity contribution in [1.29, 1.82) is 0 Å². The third-order valence-electron chi connectivity index (χ3n) is 4.79. The molecule has 1 aromatic heterocycles. The highest BCUT2D eigenvalue weighted by Crippen LogP contribution is 2.30. The second-order valence-corrected chi connectivity index (χ2v) is 8.21. The molecule has 2 aliphatic rings. The molecule has 132 valence electrons. The van der Waals surface area contributed by atoms with Gasteiger partial charge in [-0.15, -0.1) is 0 Å². The molecule has 1 spiro atoms. The van der Waals surface area contributed by atoms with Crippen LogP contribution < -0.4 is 5.32 Å². The van der Waals surface area contributed by atoms with E-state index in [0.717, 1.165) is 18.7 Å². The molecule has 3 rings (SSSR count). The van der Waals surface area contributed by atoms with Gasteiger partial charge in [0, 0.05) is 37.4 Å². The van der Waals surface area contributed by atoms with Crippen LogP contribution >= 0.6 is 0 Å². The van der Waals surface area contributed by atoms with E-state index in [-0.39, 0.29) is 23.5 Å². The summed E-state index contributed by atoms with van der Waals surface area (Å²) in [5.74, 6) is -0.0876. The molecule has 3 heterocycles. The Bertz CT molecular complexity index is 660. The van der Waals surface area contributed by atoms with E-state index >= 15 is 0 Å². The molecule has 0 aromatic carbocycles. The molecule has 1 atom stereocenters. The van der Waals surface area contributed by atoms with Crippen LogP contribution in [0.2, 0.25) is 0 Å². The first kappa shape index (κ1) is 17.0. The van der Waals surface area contributed by atoms with Gasteiger partial charge in [0.25, 0.3) is 5.91 Å². The molecule has 0 bridgehead atoms. The Morgan fingerprint density at radius 3 is 2.58 bits per heavy atom. The van der Waals surface area contributed by atoms with Crippen LogP contribution in [0.4, 0.5) is 4.79 Å². The van der Waals surface area contributed by atoms with Crippen molar-refractivity contribution < 1.29 is 9.59 Å². The predicted octanol–water partition coefficient (Wildman–Crippen LogP) is 1.54. The molecular formula is C17H27N5O2. The molecule has 1 aromatic rings. The topological polar surface area (TPSA) is 70.5 Å². The summed E-state index contributed by atoms with van der Waals surface area (Å²) in [5, 5.41) is 7.36. The zero-order valence-electron chi connectivity index (χ0n) is 15.2. The lowest BCUT2D eigenvalue weighted by molar-refractivity contribution is -0.132. The van der Waals surface area contributed by atoms with Crippen molar-refractivity contribution in [1.82, 2.24) is 24.9 Å². The van der Waals surface area contributed by atoms with Crippen molar-refractivity contribution in [3.8, 4) is 0 Å². The fraction of sp³-hybridized carbons (Fsp3) is 0.706. The van der Waals surface area contributed by atoms with Crippen molar-refractivity contribution in [3.63, 3.8) is 0 Å². The molecule has 7 nitrogen and oxygen atoms in total. The predicted molar refractivity (Wildman–Crippen MR) is 90.4 cm³/mol. The first-order valence-electron chi connectivity index (χ1n) is 8.55. The minimum atomic E-state index is -0.749. The van der Waals surface area contributed by atoms with E-state index in [1.54, 1.807) is 0 Å². The Labute approximate surface area is 143 Å². The number of nitrogens with zero attached hydrogens (tertiary/aromatic N) is 4. The third kappa shape index (κ3) is 2.81. The monoisotopic (exact) mass is 333 g/mol. The number of amides is 3. The van der Waals surface area contributed by atoms with Gasteiger partial charge in [-0.05, 0) is 41.0 Å². The van der Waals surface area contributed by atoms with Gasteiger partial charge in [0.1, 0.15) is 5.54 Å². The maximum Gasteiger partial charge on any atom is 0.325 e. The summed E-state index contributed by atoms with van der Waals surface area (Å²) in [4.78, 5) is 28.4. The highest BCUT2D eigenvalue weighted by molar-refractivity contribution is 6.07. The maximum atomic E-state index is 12.7. The molecule has 24 heavy (non-hydrogen) atoms. The van der Waals surface area contributed by atoms with Crippen LogP contribution in [0.5, 0.6) is 0 Å². The van der Waals surface area contributed by atoms with Gasteiger partial charge in [0.15, 0.2) is 0 Å². The third-order valence-corrected chi connectivity index (χ3v) is 4.79. The van der Waals surface area contributed by atoms with Crippen molar-refractivity contribution in [3.05, 3.63) is 18.0 Å². The second kappa shape index (κ2) is 5.58. The standard InChI is InChI=1S/C17H27N5O2/c1-12(2)22-14(23)17(19-15(22)24)6-7-20(11-17)9-13-8-18-21(10-13)16(3,4)5/h8,10,12H,6-7,9,11H2,1-5H3,(H,19,24). The van der Waals surface area contributed by atoms with Crippen molar-refractivity contribution in [2.24, 2.45) is 0 Å². The summed E-state index contributed by atoms with van der Waals surface area (Å²) in [6.45, 7) is 12.2. The van der Waals surface area contributed by atoms with Crippen LogP contribution in [-0.2, 0) is 16.9 Å². The van der Waals surface area contributed by atoms with Gasteiger partial charge in [-0.1, -0.05) is 0 Å². The number of likely N-dealkylation sites (tertiary alicyclic amines) is 1. The molecule has 1 unspecified atom stereocenters. The number of aromatic nitrogens is 2. The number of imide groups is 1. The number of rotatable bonds is 3. The lowest BCUT2D eigenvalue weighted by atomic mass is 9.98. The quantitative estimate of drug-likeness (QED) is 0.852. The summed E-state index contributed by atoms with van der Waals surface area (Å²) in [5.41, 5.74) is 0.332. The molecule has 7 heteroatoms. The summed E-state index contributed by atoms with van der Waals surface area (Å²) in [6, 6.07) is -0.381. The van der Waals surface area contributed by atoms with E-state index in [0.29, 0.717) is 13.0 Å². The largest absolute Gasteiger partial charge is 0.325 e. The number of carbonyl (C=O) groups is 2. The van der Waals surface area contributed by atoms with E-state index in [1.807, 2.05) is 24.7 Å². The Morgan fingerprint density at radius 1 is 1.33 bits per heavy atom. The van der Waals surface area contributed by atoms with Gasteiger partial charge in [-0.3, -0.25) is 19.3 Å². The van der Waals surface area contributed by atoms with Crippen molar-refractivity contribution in [2.75, 3.05) is 13.1 Å². The molecule has 0 aliphatic carbocycles. The van der Waals surface area contributed by atoms with Gasteiger partial charge in [-0.2, -0.15) is 5.10 Å². The second-order valence-electron chi connectivity index (χ2n) is 8.21. The molecule has 0 radical (unpaired) electrons. The smallest absolute Gasteiger partial charge is 0.322 e.